The van der Waals surface area contributed by atoms with Gasteiger partial charge in [-0.05, 0) is 0 Å². The zero-order chi connectivity index (χ0) is 9.14. The van der Waals surface area contributed by atoms with Crippen LogP contribution in [0.4, 0.5) is 10.1 Å². The molecule has 0 aliphatic rings. The van der Waals surface area contributed by atoms with Crippen LogP contribution in [0.25, 0.3) is 0 Å². The second kappa shape index (κ2) is 3.09. The van der Waals surface area contributed by atoms with E-state index in [4.69, 9.17) is 15.7 Å². The number of nitrogens with two attached hydrogens (primary N) is 1. The van der Waals surface area contributed by atoms with Gasteiger partial charge in [0.15, 0.2) is 0 Å². The SMILES string of the molecule is COc1cc(C#N)c(F)cc1N. The molecule has 0 amide bonds. The predicted molar refractivity (Wildman–Crippen MR) is 42.1 cm³/mol. The van der Waals surface area contributed by atoms with Gasteiger partial charge in [-0.3, -0.25) is 0 Å². The third-order valence-corrected chi connectivity index (χ3v) is 1.44. The molecule has 1 aromatic rings. The van der Waals surface area contributed by atoms with Crippen molar-refractivity contribution in [3.63, 3.8) is 0 Å². The number of hydrogen-bond acceptors (Lipinski definition) is 3. The third-order valence-electron chi connectivity index (χ3n) is 1.44. The van der Waals surface area contributed by atoms with Gasteiger partial charge in [0, 0.05) is 12.1 Å². The van der Waals surface area contributed by atoms with Crippen LogP contribution in [0, 0.1) is 17.1 Å². The summed E-state index contributed by atoms with van der Waals surface area (Å²) in [5.74, 6) is -0.316. The molecule has 2 N–H and O–H groups in total. The first-order valence-corrected chi connectivity index (χ1v) is 3.22. The fourth-order valence-corrected chi connectivity index (χ4v) is 0.831. The third kappa shape index (κ3) is 1.30. The average molecular weight is 166 g/mol. The van der Waals surface area contributed by atoms with Gasteiger partial charge in [-0.25, -0.2) is 4.39 Å². The summed E-state index contributed by atoms with van der Waals surface area (Å²) in [5, 5.41) is 8.44. The molecule has 0 atom stereocenters. The van der Waals surface area contributed by atoms with E-state index < -0.39 is 5.82 Å². The van der Waals surface area contributed by atoms with Crippen LogP contribution in [0.5, 0.6) is 5.75 Å². The lowest BCUT2D eigenvalue weighted by atomic mass is 10.2. The number of anilines is 1. The number of halogens is 1. The summed E-state index contributed by atoms with van der Waals surface area (Å²) < 4.78 is 17.6. The molecule has 12 heavy (non-hydrogen) atoms. The maximum absolute atomic E-state index is 12.8. The van der Waals surface area contributed by atoms with Crippen molar-refractivity contribution in [1.29, 1.82) is 5.26 Å². The van der Waals surface area contributed by atoms with Gasteiger partial charge in [-0.1, -0.05) is 0 Å². The van der Waals surface area contributed by atoms with Crippen LogP contribution in [-0.2, 0) is 0 Å². The number of hydrogen-bond donors (Lipinski definition) is 1. The summed E-state index contributed by atoms with van der Waals surface area (Å²) in [7, 11) is 1.41. The highest BCUT2D eigenvalue weighted by Gasteiger charge is 2.06. The standard InChI is InChI=1S/C8H7FN2O/c1-12-8-2-5(4-10)6(9)3-7(8)11/h2-3H,11H2,1H3. The molecule has 0 aliphatic carbocycles. The van der Waals surface area contributed by atoms with Crippen LogP contribution >= 0.6 is 0 Å². The Kier molecular flexibility index (Phi) is 2.15. The Hall–Kier alpha value is -1.76. The van der Waals surface area contributed by atoms with Crippen molar-refractivity contribution in [3.8, 4) is 11.8 Å². The van der Waals surface area contributed by atoms with E-state index in [-0.39, 0.29) is 11.3 Å². The van der Waals surface area contributed by atoms with E-state index in [1.54, 1.807) is 6.07 Å². The number of methoxy groups -OCH3 is 1. The fraction of sp³-hybridized carbons (Fsp3) is 0.125. The Morgan fingerprint density at radius 3 is 2.75 bits per heavy atom. The van der Waals surface area contributed by atoms with Crippen molar-refractivity contribution in [2.24, 2.45) is 0 Å². The number of nitriles is 1. The van der Waals surface area contributed by atoms with Gasteiger partial charge >= 0.3 is 0 Å². The van der Waals surface area contributed by atoms with Gasteiger partial charge in [0.2, 0.25) is 0 Å². The summed E-state index contributed by atoms with van der Waals surface area (Å²) in [6, 6.07) is 4.02. The summed E-state index contributed by atoms with van der Waals surface area (Å²) in [4.78, 5) is 0. The first-order valence-electron chi connectivity index (χ1n) is 3.22. The Bertz CT molecular complexity index is 344. The molecule has 0 fully saturated rings. The van der Waals surface area contributed by atoms with E-state index in [1.807, 2.05) is 0 Å². The Morgan fingerprint density at radius 2 is 2.25 bits per heavy atom. The van der Waals surface area contributed by atoms with Gasteiger partial charge in [-0.2, -0.15) is 5.26 Å². The number of benzene rings is 1. The van der Waals surface area contributed by atoms with Crippen LogP contribution in [0.2, 0.25) is 0 Å². The lowest BCUT2D eigenvalue weighted by Gasteiger charge is -2.04. The van der Waals surface area contributed by atoms with Crippen molar-refractivity contribution in [1.82, 2.24) is 0 Å². The van der Waals surface area contributed by atoms with Gasteiger partial charge in [0.1, 0.15) is 17.6 Å². The first-order chi connectivity index (χ1) is 5.69. The molecule has 0 radical (unpaired) electrons. The first kappa shape index (κ1) is 8.34. The van der Waals surface area contributed by atoms with E-state index in [0.29, 0.717) is 5.75 Å². The zero-order valence-corrected chi connectivity index (χ0v) is 6.47. The molecule has 0 aliphatic heterocycles. The molecule has 4 heteroatoms. The molecule has 0 unspecified atom stereocenters. The molecule has 1 aromatic carbocycles. The van der Waals surface area contributed by atoms with E-state index in [1.165, 1.54) is 13.2 Å². The second-order valence-corrected chi connectivity index (χ2v) is 2.19. The van der Waals surface area contributed by atoms with E-state index in [2.05, 4.69) is 0 Å². The van der Waals surface area contributed by atoms with Crippen molar-refractivity contribution in [2.45, 2.75) is 0 Å². The highest BCUT2D eigenvalue weighted by atomic mass is 19.1. The minimum absolute atomic E-state index is 0.0685. The van der Waals surface area contributed by atoms with Gasteiger partial charge in [0.25, 0.3) is 0 Å². The topological polar surface area (TPSA) is 59.0 Å². The summed E-state index contributed by atoms with van der Waals surface area (Å²) in [6.07, 6.45) is 0. The molecule has 0 saturated carbocycles. The number of nitrogens with zero attached hydrogens (tertiary/aromatic N) is 1. The molecular weight excluding hydrogens is 159 g/mol. The smallest absolute Gasteiger partial charge is 0.143 e. The van der Waals surface area contributed by atoms with Gasteiger partial charge in [-0.15, -0.1) is 0 Å². The maximum atomic E-state index is 12.8. The van der Waals surface area contributed by atoms with Crippen molar-refractivity contribution in [3.05, 3.63) is 23.5 Å². The normalized spacial score (nSPS) is 9.08. The molecule has 0 aromatic heterocycles. The van der Waals surface area contributed by atoms with Crippen molar-refractivity contribution in [2.75, 3.05) is 12.8 Å². The maximum Gasteiger partial charge on any atom is 0.143 e. The highest BCUT2D eigenvalue weighted by Crippen LogP contribution is 2.24. The van der Waals surface area contributed by atoms with E-state index >= 15 is 0 Å². The largest absolute Gasteiger partial charge is 0.495 e. The average Bonchev–Trinajstić information content (AvgIpc) is 2.05. The molecule has 0 bridgehead atoms. The summed E-state index contributed by atoms with van der Waals surface area (Å²) >= 11 is 0. The molecule has 3 nitrogen and oxygen atoms in total. The van der Waals surface area contributed by atoms with Crippen LogP contribution < -0.4 is 10.5 Å². The number of ether oxygens (including phenoxy) is 1. The van der Waals surface area contributed by atoms with Gasteiger partial charge < -0.3 is 10.5 Å². The van der Waals surface area contributed by atoms with Crippen LogP contribution in [0.1, 0.15) is 5.56 Å². The molecule has 0 spiro atoms. The molecule has 0 heterocycles. The molecule has 62 valence electrons. The van der Waals surface area contributed by atoms with Crippen molar-refractivity contribution < 1.29 is 9.13 Å². The van der Waals surface area contributed by atoms with E-state index in [0.717, 1.165) is 6.07 Å². The summed E-state index contributed by atoms with van der Waals surface area (Å²) in [6.45, 7) is 0. The van der Waals surface area contributed by atoms with Crippen LogP contribution in [0.15, 0.2) is 12.1 Å². The van der Waals surface area contributed by atoms with Crippen molar-refractivity contribution >= 4 is 5.69 Å². The second-order valence-electron chi connectivity index (χ2n) is 2.19. The quantitative estimate of drug-likeness (QED) is 0.639. The van der Waals surface area contributed by atoms with Crippen LogP contribution in [0.3, 0.4) is 0 Å². The Labute approximate surface area is 69.2 Å². The van der Waals surface area contributed by atoms with Gasteiger partial charge in [0.05, 0.1) is 18.4 Å². The fourth-order valence-electron chi connectivity index (χ4n) is 0.831. The Morgan fingerprint density at radius 1 is 1.58 bits per heavy atom. The lowest BCUT2D eigenvalue weighted by Crippen LogP contribution is -1.95. The predicted octanol–water partition coefficient (Wildman–Crippen LogP) is 1.29. The number of rotatable bonds is 1. The molecule has 0 saturated heterocycles. The molecular formula is C8H7FN2O. The summed E-state index contributed by atoms with van der Waals surface area (Å²) in [5.41, 5.74) is 5.50. The van der Waals surface area contributed by atoms with Crippen LogP contribution in [-0.4, -0.2) is 7.11 Å². The minimum Gasteiger partial charge on any atom is -0.495 e. The Balaban J connectivity index is 3.30. The monoisotopic (exact) mass is 166 g/mol. The highest BCUT2D eigenvalue weighted by molar-refractivity contribution is 5.56. The number of nitrogen functional groups attached to an aromatic ring is 1. The molecule has 1 rings (SSSR count). The minimum atomic E-state index is -0.629. The lowest BCUT2D eigenvalue weighted by molar-refractivity contribution is 0.415. The van der Waals surface area contributed by atoms with E-state index in [9.17, 15) is 4.39 Å². The zero-order valence-electron chi connectivity index (χ0n) is 6.47.